The molecule has 6 nitrogen and oxygen atoms in total. The lowest BCUT2D eigenvalue weighted by Crippen LogP contribution is -2.30. The number of carbonyl (C=O) groups is 1. The number of hydrogen-bond donors (Lipinski definition) is 1. The summed E-state index contributed by atoms with van der Waals surface area (Å²) in [6.07, 6.45) is 0.877. The molecule has 0 bridgehead atoms. The van der Waals surface area contributed by atoms with Crippen LogP contribution in [0.15, 0.2) is 21.3 Å². The van der Waals surface area contributed by atoms with Gasteiger partial charge in [-0.15, -0.1) is 0 Å². The second-order valence-electron chi connectivity index (χ2n) is 4.13. The van der Waals surface area contributed by atoms with Crippen LogP contribution in [0.5, 0.6) is 0 Å². The summed E-state index contributed by atoms with van der Waals surface area (Å²) in [7, 11) is 0. The highest BCUT2D eigenvalue weighted by Crippen LogP contribution is 2.20. The Morgan fingerprint density at radius 1 is 1.58 bits per heavy atom. The first kappa shape index (κ1) is 13.7. The molecule has 19 heavy (non-hydrogen) atoms. The van der Waals surface area contributed by atoms with E-state index >= 15 is 0 Å². The van der Waals surface area contributed by atoms with E-state index in [0.717, 1.165) is 12.0 Å². The molecule has 102 valence electrons. The second-order valence-corrected chi connectivity index (χ2v) is 4.91. The molecule has 0 aliphatic heterocycles. The fourth-order valence-electron chi connectivity index (χ4n) is 1.74. The van der Waals surface area contributed by atoms with Crippen LogP contribution >= 0.6 is 11.3 Å². The monoisotopic (exact) mass is 281 g/mol. The van der Waals surface area contributed by atoms with Gasteiger partial charge in [-0.3, -0.25) is 9.69 Å². The van der Waals surface area contributed by atoms with Gasteiger partial charge in [-0.05, 0) is 24.4 Å². The molecule has 7 heteroatoms. The van der Waals surface area contributed by atoms with Crippen molar-refractivity contribution in [2.24, 2.45) is 0 Å². The lowest BCUT2D eigenvalue weighted by Gasteiger charge is -2.16. The number of aromatic nitrogens is 2. The van der Waals surface area contributed by atoms with Crippen LogP contribution < -0.4 is 0 Å². The van der Waals surface area contributed by atoms with Gasteiger partial charge in [-0.2, -0.15) is 16.3 Å². The van der Waals surface area contributed by atoms with E-state index < -0.39 is 5.97 Å². The molecule has 2 aromatic heterocycles. The van der Waals surface area contributed by atoms with E-state index in [9.17, 15) is 4.79 Å². The van der Waals surface area contributed by atoms with Crippen molar-refractivity contribution < 1.29 is 14.4 Å². The molecule has 2 aromatic rings. The van der Waals surface area contributed by atoms with E-state index in [1.807, 2.05) is 23.8 Å². The first-order chi connectivity index (χ1) is 9.19. The van der Waals surface area contributed by atoms with Gasteiger partial charge in [0.15, 0.2) is 5.82 Å². The lowest BCUT2D eigenvalue weighted by atomic mass is 10.3. The highest BCUT2D eigenvalue weighted by atomic mass is 32.1. The molecule has 2 rings (SSSR count). The van der Waals surface area contributed by atoms with Gasteiger partial charge in [-0.1, -0.05) is 12.1 Å². The van der Waals surface area contributed by atoms with E-state index in [0.29, 0.717) is 24.8 Å². The molecular formula is C12H15N3O3S. The van der Waals surface area contributed by atoms with Crippen LogP contribution in [0.4, 0.5) is 0 Å². The van der Waals surface area contributed by atoms with Gasteiger partial charge in [0.2, 0.25) is 0 Å². The van der Waals surface area contributed by atoms with Crippen molar-refractivity contribution in [1.82, 2.24) is 15.0 Å². The summed E-state index contributed by atoms with van der Waals surface area (Å²) in [5.74, 6) is 0.133. The predicted octanol–water partition coefficient (Wildman–Crippen LogP) is 2.09. The summed E-state index contributed by atoms with van der Waals surface area (Å²) in [4.78, 5) is 16.8. The first-order valence-corrected chi connectivity index (χ1v) is 6.92. The molecule has 1 N–H and O–H groups in total. The van der Waals surface area contributed by atoms with E-state index in [-0.39, 0.29) is 6.54 Å². The van der Waals surface area contributed by atoms with Crippen LogP contribution in [0.1, 0.15) is 19.2 Å². The van der Waals surface area contributed by atoms with Crippen molar-refractivity contribution in [3.63, 3.8) is 0 Å². The highest BCUT2D eigenvalue weighted by molar-refractivity contribution is 7.08. The molecule has 0 amide bonds. The summed E-state index contributed by atoms with van der Waals surface area (Å²) in [6.45, 7) is 3.06. The third-order valence-electron chi connectivity index (χ3n) is 2.50. The SMILES string of the molecule is CCCN(CC(=O)O)Cc1noc(-c2ccsc2)n1. The second kappa shape index (κ2) is 6.44. The number of carboxylic acids is 1. The van der Waals surface area contributed by atoms with Gasteiger partial charge in [0, 0.05) is 5.38 Å². The van der Waals surface area contributed by atoms with E-state index in [4.69, 9.17) is 9.63 Å². The molecule has 0 aliphatic rings. The largest absolute Gasteiger partial charge is 0.480 e. The molecule has 0 radical (unpaired) electrons. The van der Waals surface area contributed by atoms with Crippen molar-refractivity contribution >= 4 is 17.3 Å². The maximum Gasteiger partial charge on any atom is 0.317 e. The van der Waals surface area contributed by atoms with Gasteiger partial charge < -0.3 is 9.63 Å². The number of rotatable bonds is 7. The van der Waals surface area contributed by atoms with Crippen molar-refractivity contribution in [3.8, 4) is 11.5 Å². The Morgan fingerprint density at radius 2 is 2.42 bits per heavy atom. The quantitative estimate of drug-likeness (QED) is 0.837. The van der Waals surface area contributed by atoms with Crippen LogP contribution in [0.25, 0.3) is 11.5 Å². The summed E-state index contributed by atoms with van der Waals surface area (Å²) in [6, 6.07) is 1.91. The number of nitrogens with zero attached hydrogens (tertiary/aromatic N) is 3. The van der Waals surface area contributed by atoms with Gasteiger partial charge in [0.05, 0.1) is 18.7 Å². The van der Waals surface area contributed by atoms with Crippen LogP contribution in [0.2, 0.25) is 0 Å². The van der Waals surface area contributed by atoms with Crippen molar-refractivity contribution in [2.75, 3.05) is 13.1 Å². The van der Waals surface area contributed by atoms with Crippen LogP contribution in [0, 0.1) is 0 Å². The Balaban J connectivity index is 2.03. The summed E-state index contributed by atoms with van der Waals surface area (Å²) in [5.41, 5.74) is 0.893. The molecular weight excluding hydrogens is 266 g/mol. The normalized spacial score (nSPS) is 11.1. The average Bonchev–Trinajstić information content (AvgIpc) is 2.97. The minimum atomic E-state index is -0.852. The zero-order valence-corrected chi connectivity index (χ0v) is 11.4. The minimum Gasteiger partial charge on any atom is -0.480 e. The number of carboxylic acid groups (broad SMARTS) is 1. The molecule has 0 aromatic carbocycles. The number of thiophene rings is 1. The third kappa shape index (κ3) is 3.87. The molecule has 0 aliphatic carbocycles. The topological polar surface area (TPSA) is 79.5 Å². The fraction of sp³-hybridized carbons (Fsp3) is 0.417. The molecule has 0 unspecified atom stereocenters. The molecule has 0 saturated carbocycles. The highest BCUT2D eigenvalue weighted by Gasteiger charge is 2.14. The van der Waals surface area contributed by atoms with Crippen molar-refractivity contribution in [1.29, 1.82) is 0 Å². The van der Waals surface area contributed by atoms with Crippen LogP contribution in [-0.4, -0.2) is 39.2 Å². The minimum absolute atomic E-state index is 0.0177. The Kier molecular flexibility index (Phi) is 4.64. The van der Waals surface area contributed by atoms with Crippen molar-refractivity contribution in [2.45, 2.75) is 19.9 Å². The zero-order chi connectivity index (χ0) is 13.7. The van der Waals surface area contributed by atoms with Crippen LogP contribution in [0.3, 0.4) is 0 Å². The predicted molar refractivity (Wildman–Crippen MR) is 70.8 cm³/mol. The van der Waals surface area contributed by atoms with Gasteiger partial charge in [0.25, 0.3) is 5.89 Å². The number of aliphatic carboxylic acids is 1. The van der Waals surface area contributed by atoms with E-state index in [1.165, 1.54) is 0 Å². The van der Waals surface area contributed by atoms with Gasteiger partial charge in [0.1, 0.15) is 0 Å². The fourth-order valence-corrected chi connectivity index (χ4v) is 2.37. The van der Waals surface area contributed by atoms with Crippen LogP contribution in [-0.2, 0) is 11.3 Å². The summed E-state index contributed by atoms with van der Waals surface area (Å²) in [5, 5.41) is 16.6. The first-order valence-electron chi connectivity index (χ1n) is 5.98. The van der Waals surface area contributed by atoms with E-state index in [2.05, 4.69) is 10.1 Å². The summed E-state index contributed by atoms with van der Waals surface area (Å²) >= 11 is 1.56. The van der Waals surface area contributed by atoms with Gasteiger partial charge >= 0.3 is 5.97 Å². The van der Waals surface area contributed by atoms with Crippen molar-refractivity contribution in [3.05, 3.63) is 22.7 Å². The molecule has 0 spiro atoms. The number of hydrogen-bond acceptors (Lipinski definition) is 6. The Bertz CT molecular complexity index is 524. The van der Waals surface area contributed by atoms with Gasteiger partial charge in [-0.25, -0.2) is 0 Å². The maximum atomic E-state index is 10.8. The zero-order valence-electron chi connectivity index (χ0n) is 10.6. The maximum absolute atomic E-state index is 10.8. The lowest BCUT2D eigenvalue weighted by molar-refractivity contribution is -0.138. The Labute approximate surface area is 114 Å². The molecule has 0 atom stereocenters. The Hall–Kier alpha value is -1.73. The Morgan fingerprint density at radius 3 is 3.05 bits per heavy atom. The van der Waals surface area contributed by atoms with E-state index in [1.54, 1.807) is 16.2 Å². The smallest absolute Gasteiger partial charge is 0.317 e. The standard InChI is InChI=1S/C12H15N3O3S/c1-2-4-15(7-11(16)17)6-10-13-12(18-14-10)9-3-5-19-8-9/h3,5,8H,2,4,6-7H2,1H3,(H,16,17). The molecule has 0 saturated heterocycles. The molecule has 2 heterocycles. The molecule has 0 fully saturated rings. The third-order valence-corrected chi connectivity index (χ3v) is 3.18. The summed E-state index contributed by atoms with van der Waals surface area (Å²) < 4.78 is 5.16. The average molecular weight is 281 g/mol.